The van der Waals surface area contributed by atoms with E-state index in [9.17, 15) is 15.0 Å². The standard InChI is InChI=1S/C36H54N2O2.C7H14O5.C3H8O2.C3H6O.C2H4O3.CH3I.CO2.ClH.Co.H3NP2/c1-33(2,3)25-17-23(31(39)27(19-25)35(7,8)9)21-37-29-15-13-14-16-30(29)38-22-24-18-26(34(4,5)6)20-28(32(24)40)36(10,11)12;1-6(8)5-12-7(9)11-4-3-10-2;1-5-3-2-4;1-3-2-4-3;3-1-2(4)5;1-2;2-1-3;;;1-3-2/h17-22,29-30,39-40H,13-16H2,1-12H3;6,8H,3-5H2,1-2H3;4H,2-3H2,1H3;3H,2H2,1H3;3H,1H2,(H,4,5);1H3;;1H;;1H,2H2. The Hall–Kier alpha value is -2.68. The molecule has 2 aromatic rings. The number of aliphatic hydroxyl groups is 3. The van der Waals surface area contributed by atoms with Gasteiger partial charge in [-0.05, 0) is 85.5 Å². The SMILES string of the molecule is CC(C)(C)c1cc(C=NC2CCCCC2N=Cc2cc(C(C)(C)C)cc(C(C)(C)C)c2O)c(O)c(C(C)(C)C)c1.CC1CO1.CI.COCCO.COCCOC(=O)OCC(C)O.O=C(O)CO.O=C=O.[Cl-].[Co].[NH2+]=PP. The number of carbonyl (C=O) groups excluding carboxylic acids is 3. The number of epoxide rings is 1. The molecule has 76 heavy (non-hydrogen) atoms. The molecule has 1 aliphatic carbocycles. The third-order valence-corrected chi connectivity index (χ3v) is 10.0. The zero-order valence-electron chi connectivity index (χ0n) is 48.0. The van der Waals surface area contributed by atoms with E-state index in [1.165, 1.54) is 25.2 Å². The second-order valence-electron chi connectivity index (χ2n) is 20.8. The van der Waals surface area contributed by atoms with E-state index in [2.05, 4.69) is 165 Å². The third-order valence-electron chi connectivity index (χ3n) is 10.0. The molecule has 1 saturated heterocycles. The molecule has 4 rings (SSSR count). The van der Waals surface area contributed by atoms with Gasteiger partial charge in [-0.15, -0.1) is 0 Å². The first-order valence-electron chi connectivity index (χ1n) is 24.1. The number of methoxy groups -OCH3 is 2. The minimum Gasteiger partial charge on any atom is -1.00 e. The number of phenols is 2. The number of halogens is 2. The van der Waals surface area contributed by atoms with Gasteiger partial charge in [-0.2, -0.15) is 9.59 Å². The van der Waals surface area contributed by atoms with E-state index >= 15 is 0 Å². The van der Waals surface area contributed by atoms with Crippen LogP contribution < -0.4 is 17.6 Å². The van der Waals surface area contributed by atoms with Crippen molar-refractivity contribution in [1.82, 2.24) is 0 Å². The van der Waals surface area contributed by atoms with E-state index < -0.39 is 24.8 Å². The molecule has 443 valence electrons. The maximum absolute atomic E-state index is 11.2. The van der Waals surface area contributed by atoms with E-state index in [0.717, 1.165) is 62.6 Å². The summed E-state index contributed by atoms with van der Waals surface area (Å²) in [5, 5.41) is 58.9. The van der Waals surface area contributed by atoms with Gasteiger partial charge in [0.25, 0.3) is 0 Å². The molecule has 2 aromatic carbocycles. The molecule has 5 unspecified atom stereocenters. The summed E-state index contributed by atoms with van der Waals surface area (Å²) >= 11 is 2.15. The number of carboxylic acids is 1. The van der Waals surface area contributed by atoms with Crippen LogP contribution in [0.2, 0.25) is 0 Å². The van der Waals surface area contributed by atoms with Gasteiger partial charge in [-0.3, -0.25) is 9.98 Å². The number of aliphatic carboxylic acids is 1. The van der Waals surface area contributed by atoms with Crippen molar-refractivity contribution in [3.05, 3.63) is 57.6 Å². The average molecular weight is 1300 g/mol. The predicted molar refractivity (Wildman–Crippen MR) is 306 cm³/mol. The molecular formula is C53H93ClCoIN3O15P2. The van der Waals surface area contributed by atoms with Gasteiger partial charge < -0.3 is 66.7 Å². The number of aromatic hydroxyl groups is 2. The van der Waals surface area contributed by atoms with Crippen LogP contribution in [-0.4, -0.2) is 151 Å². The fourth-order valence-electron chi connectivity index (χ4n) is 5.94. The van der Waals surface area contributed by atoms with Crippen LogP contribution in [0.1, 0.15) is 156 Å². The molecule has 0 bridgehead atoms. The number of benzene rings is 2. The summed E-state index contributed by atoms with van der Waals surface area (Å²) in [6.07, 6.45) is 7.29. The molecule has 1 aliphatic heterocycles. The number of nitrogens with two attached hydrogens (primary N) is 1. The van der Waals surface area contributed by atoms with Crippen molar-refractivity contribution in [1.29, 1.82) is 0 Å². The van der Waals surface area contributed by atoms with Gasteiger partial charge in [0.05, 0.1) is 50.7 Å². The van der Waals surface area contributed by atoms with Gasteiger partial charge in [0.1, 0.15) is 31.3 Å². The number of carboxylic acid groups (broad SMARTS) is 1. The fraction of sp³-hybridized carbons (Fsp3) is 0.679. The molecule has 0 amide bonds. The summed E-state index contributed by atoms with van der Waals surface area (Å²) in [5.74, 6) is -0.553. The zero-order chi connectivity index (χ0) is 58.5. The number of phenolic OH excluding ortho intramolecular Hbond substituents is 2. The van der Waals surface area contributed by atoms with E-state index in [-0.39, 0.29) is 88.9 Å². The van der Waals surface area contributed by atoms with Crippen molar-refractivity contribution in [2.45, 2.75) is 169 Å². The van der Waals surface area contributed by atoms with Crippen molar-refractivity contribution < 1.29 is 108 Å². The normalized spacial score (nSPS) is 15.8. The molecule has 0 spiro atoms. The second-order valence-corrected chi connectivity index (χ2v) is 22.0. The summed E-state index contributed by atoms with van der Waals surface area (Å²) in [5.41, 5.74) is 5.39. The van der Waals surface area contributed by atoms with Crippen LogP contribution in [0, 0.1) is 0 Å². The molecule has 2 fully saturated rings. The van der Waals surface area contributed by atoms with Crippen molar-refractivity contribution in [2.75, 3.05) is 65.4 Å². The number of nitrogens with zero attached hydrogens (tertiary/aromatic N) is 2. The number of aliphatic hydroxyl groups excluding tert-OH is 3. The van der Waals surface area contributed by atoms with Gasteiger partial charge in [0.2, 0.25) is 8.06 Å². The van der Waals surface area contributed by atoms with Crippen molar-refractivity contribution >= 4 is 70.3 Å². The summed E-state index contributed by atoms with van der Waals surface area (Å²) in [6, 6.07) is 8.53. The van der Waals surface area contributed by atoms with Crippen LogP contribution in [0.15, 0.2) is 34.3 Å². The topological polar surface area (TPSA) is 289 Å². The van der Waals surface area contributed by atoms with Gasteiger partial charge in [0, 0.05) is 65.7 Å². The number of aliphatic imine (C=N–C) groups is 2. The van der Waals surface area contributed by atoms with Crippen molar-refractivity contribution in [3.63, 3.8) is 0 Å². The van der Waals surface area contributed by atoms with Crippen LogP contribution in [0.3, 0.4) is 0 Å². The monoisotopic (exact) mass is 1290 g/mol. The van der Waals surface area contributed by atoms with Crippen LogP contribution in [-0.2, 0) is 76.5 Å². The van der Waals surface area contributed by atoms with Crippen LogP contribution in [0.5, 0.6) is 11.5 Å². The molecule has 1 radical (unpaired) electrons. The van der Waals surface area contributed by atoms with E-state index in [1.807, 2.05) is 17.4 Å². The molecule has 1 saturated carbocycles. The number of hydrogen-bond acceptors (Lipinski definition) is 16. The second kappa shape index (κ2) is 46.1. The van der Waals surface area contributed by atoms with Gasteiger partial charge >= 0.3 is 18.3 Å². The molecule has 2 aliphatic rings. The zero-order valence-corrected chi connectivity index (χ0v) is 54.0. The minimum atomic E-state index is -1.19. The minimum absolute atomic E-state index is 0. The molecule has 5 atom stereocenters. The Kier molecular flexibility index (Phi) is 51.3. The van der Waals surface area contributed by atoms with Gasteiger partial charge in [-0.25, -0.2) is 14.8 Å². The Morgan fingerprint density at radius 3 is 1.34 bits per heavy atom. The molecule has 1 heterocycles. The van der Waals surface area contributed by atoms with Crippen LogP contribution in [0.4, 0.5) is 4.79 Å². The first kappa shape index (κ1) is 84.6. The Morgan fingerprint density at radius 1 is 0.789 bits per heavy atom. The summed E-state index contributed by atoms with van der Waals surface area (Å²) in [4.78, 5) is 48.0. The first-order chi connectivity index (χ1) is 34.3. The fourth-order valence-corrected chi connectivity index (χ4v) is 5.94. The Bertz CT molecular complexity index is 1860. The number of rotatable bonds is 12. The van der Waals surface area contributed by atoms with E-state index in [1.54, 1.807) is 7.11 Å². The molecule has 23 heteroatoms. The smallest absolute Gasteiger partial charge is 0.508 e. The van der Waals surface area contributed by atoms with Crippen LogP contribution in [0.25, 0.3) is 0 Å². The Labute approximate surface area is 488 Å². The summed E-state index contributed by atoms with van der Waals surface area (Å²) in [6.45, 7) is 30.8. The van der Waals surface area contributed by atoms with E-state index in [0.29, 0.717) is 30.8 Å². The largest absolute Gasteiger partial charge is 1.00 e. The number of ether oxygens (including phenoxy) is 5. The first-order valence-corrected chi connectivity index (χ1v) is 28.8. The molecule has 18 nitrogen and oxygen atoms in total. The summed E-state index contributed by atoms with van der Waals surface area (Å²) in [7, 11) is 6.22. The quantitative estimate of drug-likeness (QED) is 0.0262. The van der Waals surface area contributed by atoms with Crippen LogP contribution >= 0.6 is 39.6 Å². The Balaban J connectivity index is -0.000000276. The molecular weight excluding hydrogens is 1200 g/mol. The third kappa shape index (κ3) is 42.3. The number of alkyl halides is 1. The maximum atomic E-state index is 11.2. The van der Waals surface area contributed by atoms with Crippen molar-refractivity contribution in [3.8, 4) is 11.5 Å². The molecule has 0 aromatic heterocycles. The Morgan fingerprint density at radius 2 is 1.12 bits per heavy atom. The van der Waals surface area contributed by atoms with Gasteiger partial charge in [0.15, 0.2) is 0 Å². The summed E-state index contributed by atoms with van der Waals surface area (Å²) < 4.78 is 22.8. The number of hydrogen-bond donors (Lipinski definition) is 7. The van der Waals surface area contributed by atoms with Gasteiger partial charge in [-0.1, -0.05) is 131 Å². The average Bonchev–Trinajstić information content (AvgIpc) is 4.10. The molecule has 8 N–H and O–H groups in total. The predicted octanol–water partition coefficient (Wildman–Crippen LogP) is 5.53. The number of carbonyl (C=O) groups is 2. The van der Waals surface area contributed by atoms with Crippen molar-refractivity contribution in [2.24, 2.45) is 9.98 Å². The van der Waals surface area contributed by atoms with E-state index in [4.69, 9.17) is 54.7 Å². The maximum Gasteiger partial charge on any atom is 0.508 e.